The maximum absolute atomic E-state index is 12.6. The molecule has 1 amide bonds. The number of amides is 1. The van der Waals surface area contributed by atoms with Crippen molar-refractivity contribution in [3.63, 3.8) is 0 Å². The van der Waals surface area contributed by atoms with Gasteiger partial charge in [-0.2, -0.15) is 5.26 Å². The number of carbonyl (C=O) groups is 1. The second kappa shape index (κ2) is 8.52. The lowest BCUT2D eigenvalue weighted by molar-refractivity contribution is -0.132. The first-order chi connectivity index (χ1) is 12.3. The third-order valence-corrected chi connectivity index (χ3v) is 5.83. The van der Waals surface area contributed by atoms with Crippen LogP contribution in [0.3, 0.4) is 0 Å². The van der Waals surface area contributed by atoms with Gasteiger partial charge >= 0.3 is 0 Å². The van der Waals surface area contributed by atoms with Crippen molar-refractivity contribution in [3.8, 4) is 6.07 Å². The Labute approximate surface area is 155 Å². The molecule has 1 N–H and O–H groups in total. The Morgan fingerprint density at radius 3 is 2.62 bits per heavy atom. The van der Waals surface area contributed by atoms with Gasteiger partial charge < -0.3 is 10.3 Å². The maximum atomic E-state index is 12.6. The van der Waals surface area contributed by atoms with Crippen molar-refractivity contribution in [3.05, 3.63) is 24.3 Å². The molecular weight excluding hydrogens is 352 g/mol. The third-order valence-electron chi connectivity index (χ3n) is 4.71. The smallest absolute Gasteiger partial charge is 0.239 e. The van der Waals surface area contributed by atoms with E-state index in [1.54, 1.807) is 29.2 Å². The zero-order chi connectivity index (χ0) is 19.3. The fourth-order valence-corrected chi connectivity index (χ4v) is 3.53. The lowest BCUT2D eigenvalue weighted by Crippen LogP contribution is -2.47. The van der Waals surface area contributed by atoms with E-state index in [0.717, 1.165) is 19.3 Å². The molecule has 2 atom stereocenters. The Bertz CT molecular complexity index is 771. The van der Waals surface area contributed by atoms with Gasteiger partial charge in [-0.05, 0) is 50.5 Å². The van der Waals surface area contributed by atoms with E-state index < -0.39 is 9.84 Å². The molecule has 1 aliphatic heterocycles. The molecule has 7 nitrogen and oxygen atoms in total. The van der Waals surface area contributed by atoms with E-state index in [0.29, 0.717) is 12.2 Å². The summed E-state index contributed by atoms with van der Waals surface area (Å²) >= 11 is 0. The number of hydrazine groups is 1. The van der Waals surface area contributed by atoms with Gasteiger partial charge in [0.1, 0.15) is 6.04 Å². The number of likely N-dealkylation sites (tertiary alicyclic amines) is 1. The predicted octanol–water partition coefficient (Wildman–Crippen LogP) is 2.03. The number of hydrogen-bond donors (Lipinski definition) is 1. The van der Waals surface area contributed by atoms with Gasteiger partial charge in [-0.15, -0.1) is 0 Å². The summed E-state index contributed by atoms with van der Waals surface area (Å²) in [5.41, 5.74) is 3.92. The quantitative estimate of drug-likeness (QED) is 0.730. The molecule has 26 heavy (non-hydrogen) atoms. The fraction of sp³-hybridized carbons (Fsp3) is 0.556. The highest BCUT2D eigenvalue weighted by Gasteiger charge is 2.30. The number of hydrogen-bond acceptors (Lipinski definition) is 6. The number of benzene rings is 1. The Morgan fingerprint density at radius 1 is 1.42 bits per heavy atom. The van der Waals surface area contributed by atoms with Crippen LogP contribution in [0.15, 0.2) is 29.2 Å². The van der Waals surface area contributed by atoms with E-state index in [1.807, 2.05) is 18.9 Å². The lowest BCUT2D eigenvalue weighted by Gasteiger charge is -2.31. The average molecular weight is 378 g/mol. The first-order valence-corrected chi connectivity index (χ1v) is 10.7. The summed E-state index contributed by atoms with van der Waals surface area (Å²) in [5.74, 6) is -0.0744. The van der Waals surface area contributed by atoms with Crippen LogP contribution in [0.5, 0.6) is 0 Å². The zero-order valence-electron chi connectivity index (χ0n) is 15.5. The molecule has 0 aromatic heterocycles. The number of rotatable bonds is 7. The number of nitrogens with one attached hydrogen (secondary N) is 1. The van der Waals surface area contributed by atoms with Crippen LogP contribution in [-0.2, 0) is 14.6 Å². The van der Waals surface area contributed by atoms with E-state index in [-0.39, 0.29) is 29.4 Å². The summed E-state index contributed by atoms with van der Waals surface area (Å²) in [4.78, 5) is 14.5. The Kier molecular flexibility index (Phi) is 6.62. The highest BCUT2D eigenvalue weighted by atomic mass is 32.2. The van der Waals surface area contributed by atoms with E-state index in [4.69, 9.17) is 0 Å². The van der Waals surface area contributed by atoms with Gasteiger partial charge in [0, 0.05) is 24.5 Å². The molecule has 1 aromatic carbocycles. The molecule has 0 bridgehead atoms. The van der Waals surface area contributed by atoms with Crippen molar-refractivity contribution >= 4 is 21.4 Å². The van der Waals surface area contributed by atoms with Gasteiger partial charge in [0.05, 0.1) is 17.5 Å². The van der Waals surface area contributed by atoms with Crippen LogP contribution in [0.1, 0.15) is 33.1 Å². The van der Waals surface area contributed by atoms with Crippen molar-refractivity contribution in [1.29, 1.82) is 5.26 Å². The molecule has 1 heterocycles. The summed E-state index contributed by atoms with van der Waals surface area (Å²) in [6.45, 7) is 4.82. The van der Waals surface area contributed by atoms with E-state index in [9.17, 15) is 18.5 Å². The number of anilines is 1. The highest BCUT2D eigenvalue weighted by Crippen LogP contribution is 2.19. The molecule has 8 heteroatoms. The van der Waals surface area contributed by atoms with Crippen molar-refractivity contribution in [2.75, 3.05) is 24.8 Å². The maximum Gasteiger partial charge on any atom is 0.239 e. The molecule has 1 aliphatic rings. The number of nitrogens with zero attached hydrogens (tertiary/aromatic N) is 3. The van der Waals surface area contributed by atoms with Crippen LogP contribution >= 0.6 is 0 Å². The molecule has 1 saturated heterocycles. The standard InChI is InChI=1S/C18H26N4O3S/c1-4-14(2)22(13-18(23)21-11-5-6-16(21)12-19)20-15-7-9-17(10-8-15)26(3,24)25/h7-10,14,16,20H,4-6,11,13H2,1-3H3/t14-,16?/m0/s1. The molecule has 1 fully saturated rings. The van der Waals surface area contributed by atoms with Crippen molar-refractivity contribution < 1.29 is 13.2 Å². The predicted molar refractivity (Wildman–Crippen MR) is 100.0 cm³/mol. The fourth-order valence-electron chi connectivity index (χ4n) is 2.90. The second-order valence-corrected chi connectivity index (χ2v) is 8.68. The minimum atomic E-state index is -3.24. The summed E-state index contributed by atoms with van der Waals surface area (Å²) in [7, 11) is -3.24. The van der Waals surface area contributed by atoms with Crippen LogP contribution in [0.2, 0.25) is 0 Å². The highest BCUT2D eigenvalue weighted by molar-refractivity contribution is 7.90. The average Bonchev–Trinajstić information content (AvgIpc) is 3.09. The van der Waals surface area contributed by atoms with Crippen molar-refractivity contribution in [2.24, 2.45) is 0 Å². The van der Waals surface area contributed by atoms with Crippen LogP contribution in [0.4, 0.5) is 5.69 Å². The first-order valence-electron chi connectivity index (χ1n) is 8.78. The number of carbonyl (C=O) groups excluding carboxylic acids is 1. The SMILES string of the molecule is CC[C@H](C)N(CC(=O)N1CCCC1C#N)Nc1ccc(S(C)(=O)=O)cc1. The van der Waals surface area contributed by atoms with E-state index in [2.05, 4.69) is 11.5 Å². The van der Waals surface area contributed by atoms with Crippen LogP contribution in [-0.4, -0.2) is 55.7 Å². The van der Waals surface area contributed by atoms with Gasteiger partial charge in [-0.25, -0.2) is 13.4 Å². The second-order valence-electron chi connectivity index (χ2n) is 6.67. The largest absolute Gasteiger partial charge is 0.325 e. The Balaban J connectivity index is 2.10. The minimum Gasteiger partial charge on any atom is -0.325 e. The molecular formula is C18H26N4O3S. The minimum absolute atomic E-state index is 0.0744. The zero-order valence-corrected chi connectivity index (χ0v) is 16.3. The molecule has 0 spiro atoms. The molecule has 1 aromatic rings. The summed E-state index contributed by atoms with van der Waals surface area (Å²) in [6, 6.07) is 8.40. The van der Waals surface area contributed by atoms with Gasteiger partial charge in [-0.1, -0.05) is 6.92 Å². The number of nitriles is 1. The molecule has 0 radical (unpaired) electrons. The first kappa shape index (κ1) is 20.2. The van der Waals surface area contributed by atoms with Crippen LogP contribution in [0, 0.1) is 11.3 Å². The summed E-state index contributed by atoms with van der Waals surface area (Å²) in [6.07, 6.45) is 3.59. The van der Waals surface area contributed by atoms with Gasteiger partial charge in [0.25, 0.3) is 0 Å². The van der Waals surface area contributed by atoms with Crippen LogP contribution in [0.25, 0.3) is 0 Å². The molecule has 0 saturated carbocycles. The Hall–Kier alpha value is -2.11. The topological polar surface area (TPSA) is 93.5 Å². The normalized spacial score (nSPS) is 18.6. The molecule has 1 unspecified atom stereocenters. The molecule has 0 aliphatic carbocycles. The lowest BCUT2D eigenvalue weighted by atomic mass is 10.2. The summed E-state index contributed by atoms with van der Waals surface area (Å²) < 4.78 is 23.1. The van der Waals surface area contributed by atoms with Crippen molar-refractivity contribution in [1.82, 2.24) is 9.91 Å². The van der Waals surface area contributed by atoms with Gasteiger partial charge in [0.2, 0.25) is 5.91 Å². The third kappa shape index (κ3) is 4.96. The van der Waals surface area contributed by atoms with E-state index in [1.165, 1.54) is 6.26 Å². The number of sulfone groups is 1. The monoisotopic (exact) mass is 378 g/mol. The van der Waals surface area contributed by atoms with Crippen LogP contribution < -0.4 is 5.43 Å². The molecule has 142 valence electrons. The Morgan fingerprint density at radius 2 is 2.08 bits per heavy atom. The van der Waals surface area contributed by atoms with Gasteiger partial charge in [-0.3, -0.25) is 4.79 Å². The molecule has 2 rings (SSSR count). The summed E-state index contributed by atoms with van der Waals surface area (Å²) in [5, 5.41) is 11.0. The van der Waals surface area contributed by atoms with Gasteiger partial charge in [0.15, 0.2) is 9.84 Å². The van der Waals surface area contributed by atoms with Crippen molar-refractivity contribution in [2.45, 2.75) is 50.1 Å². The van der Waals surface area contributed by atoms with E-state index >= 15 is 0 Å².